The van der Waals surface area contributed by atoms with Crippen LogP contribution in [0.2, 0.25) is 24.2 Å². The second-order valence-electron chi connectivity index (χ2n) is 7.00. The van der Waals surface area contributed by atoms with Gasteiger partial charge in [0.05, 0.1) is 8.07 Å². The van der Waals surface area contributed by atoms with E-state index in [1.165, 1.54) is 57.7 Å². The zero-order chi connectivity index (χ0) is 14.8. The molecule has 1 heterocycles. The molecule has 0 aromatic carbocycles. The first-order valence-electron chi connectivity index (χ1n) is 9.07. The summed E-state index contributed by atoms with van der Waals surface area (Å²) in [5.41, 5.74) is 1.67. The van der Waals surface area contributed by atoms with Gasteiger partial charge >= 0.3 is 0 Å². The third-order valence-electron chi connectivity index (χ3n) is 4.79. The number of rotatable bonds is 9. The molecule has 0 spiro atoms. The average Bonchev–Trinajstić information content (AvgIpc) is 2.40. The third kappa shape index (κ3) is 6.03. The van der Waals surface area contributed by atoms with Crippen LogP contribution in [-0.4, -0.2) is 26.1 Å². The molecule has 0 radical (unpaired) electrons. The highest BCUT2D eigenvalue weighted by Crippen LogP contribution is 2.33. The van der Waals surface area contributed by atoms with Crippen molar-refractivity contribution in [2.45, 2.75) is 90.4 Å². The van der Waals surface area contributed by atoms with E-state index in [9.17, 15) is 0 Å². The molecule has 1 aliphatic rings. The lowest BCUT2D eigenvalue weighted by atomic mass is 10.1. The molecule has 1 saturated heterocycles. The molecule has 0 unspecified atom stereocenters. The Kier molecular flexibility index (Phi) is 8.59. The Balaban J connectivity index is 2.67. The van der Waals surface area contributed by atoms with Crippen molar-refractivity contribution < 1.29 is 0 Å². The average molecular weight is 296 g/mol. The summed E-state index contributed by atoms with van der Waals surface area (Å²) in [4.78, 5) is 2.59. The second-order valence-corrected chi connectivity index (χ2v) is 11.9. The van der Waals surface area contributed by atoms with E-state index in [-0.39, 0.29) is 0 Å². The number of nitrogens with zero attached hydrogens (tertiary/aromatic N) is 1. The van der Waals surface area contributed by atoms with Crippen LogP contribution in [0.4, 0.5) is 0 Å². The molecule has 0 N–H and O–H groups in total. The van der Waals surface area contributed by atoms with Gasteiger partial charge in [-0.2, -0.15) is 0 Å². The molecule has 2 heteroatoms. The number of hydrogen-bond acceptors (Lipinski definition) is 1. The lowest BCUT2D eigenvalue weighted by molar-refractivity contribution is 0.307. The molecule has 0 aromatic heterocycles. The zero-order valence-corrected chi connectivity index (χ0v) is 15.5. The zero-order valence-electron chi connectivity index (χ0n) is 14.5. The molecule has 0 bridgehead atoms. The van der Waals surface area contributed by atoms with Crippen LogP contribution >= 0.6 is 0 Å². The Morgan fingerprint density at radius 3 is 1.85 bits per heavy atom. The van der Waals surface area contributed by atoms with Gasteiger partial charge in [0.2, 0.25) is 0 Å². The summed E-state index contributed by atoms with van der Waals surface area (Å²) in [6, 6.07) is 6.08. The van der Waals surface area contributed by atoms with Crippen molar-refractivity contribution in [3.8, 4) is 0 Å². The van der Waals surface area contributed by atoms with Crippen molar-refractivity contribution in [2.75, 3.05) is 13.1 Å². The summed E-state index contributed by atoms with van der Waals surface area (Å²) in [7, 11) is -1.04. The van der Waals surface area contributed by atoms with E-state index in [0.717, 1.165) is 0 Å². The van der Waals surface area contributed by atoms with Gasteiger partial charge in [-0.05, 0) is 38.4 Å². The van der Waals surface area contributed by atoms with Gasteiger partial charge in [0, 0.05) is 13.1 Å². The van der Waals surface area contributed by atoms with E-state index < -0.39 is 8.07 Å². The Labute approximate surface area is 128 Å². The Morgan fingerprint density at radius 2 is 1.40 bits per heavy atom. The van der Waals surface area contributed by atoms with E-state index in [1.54, 1.807) is 23.7 Å². The van der Waals surface area contributed by atoms with E-state index in [2.05, 4.69) is 38.8 Å². The van der Waals surface area contributed by atoms with Crippen LogP contribution in [0.15, 0.2) is 11.8 Å². The van der Waals surface area contributed by atoms with Gasteiger partial charge in [0.25, 0.3) is 0 Å². The Bertz CT molecular complexity index is 262. The topological polar surface area (TPSA) is 3.24 Å². The van der Waals surface area contributed by atoms with Crippen molar-refractivity contribution >= 4 is 8.07 Å². The van der Waals surface area contributed by atoms with Gasteiger partial charge in [-0.25, -0.2) is 0 Å². The van der Waals surface area contributed by atoms with Crippen LogP contribution in [0.25, 0.3) is 0 Å². The van der Waals surface area contributed by atoms with Crippen molar-refractivity contribution in [1.82, 2.24) is 4.90 Å². The van der Waals surface area contributed by atoms with E-state index in [4.69, 9.17) is 0 Å². The van der Waals surface area contributed by atoms with E-state index >= 15 is 0 Å². The first kappa shape index (κ1) is 17.8. The van der Waals surface area contributed by atoms with Gasteiger partial charge in [-0.1, -0.05) is 63.7 Å². The van der Waals surface area contributed by atoms with Crippen molar-refractivity contribution in [2.24, 2.45) is 0 Å². The van der Waals surface area contributed by atoms with Gasteiger partial charge in [-0.15, -0.1) is 0 Å². The first-order chi connectivity index (χ1) is 9.65. The van der Waals surface area contributed by atoms with Crippen LogP contribution in [0, 0.1) is 0 Å². The third-order valence-corrected chi connectivity index (χ3v) is 10.8. The summed E-state index contributed by atoms with van der Waals surface area (Å²) in [5, 5.41) is 0. The monoisotopic (exact) mass is 295 g/mol. The lowest BCUT2D eigenvalue weighted by Gasteiger charge is -2.33. The summed E-state index contributed by atoms with van der Waals surface area (Å²) < 4.78 is 0. The maximum Gasteiger partial charge on any atom is 0.0576 e. The highest BCUT2D eigenvalue weighted by molar-refractivity contribution is 6.80. The minimum atomic E-state index is -1.04. The molecule has 0 saturated carbocycles. The highest BCUT2D eigenvalue weighted by atomic mass is 28.3. The minimum absolute atomic E-state index is 1.04. The van der Waals surface area contributed by atoms with E-state index in [0.29, 0.717) is 0 Å². The molecule has 20 heavy (non-hydrogen) atoms. The largest absolute Gasteiger partial charge is 0.377 e. The van der Waals surface area contributed by atoms with Gasteiger partial charge in [0.15, 0.2) is 0 Å². The fourth-order valence-corrected chi connectivity index (χ4v) is 9.96. The Hall–Kier alpha value is -0.243. The Morgan fingerprint density at radius 1 is 0.900 bits per heavy atom. The van der Waals surface area contributed by atoms with Crippen LogP contribution < -0.4 is 0 Å². The predicted octanol–water partition coefficient (Wildman–Crippen LogP) is 6.05. The fraction of sp³-hybridized carbons (Fsp3) is 0.889. The van der Waals surface area contributed by atoms with Crippen molar-refractivity contribution in [3.63, 3.8) is 0 Å². The number of likely N-dealkylation sites (tertiary alicyclic amines) is 1. The maximum absolute atomic E-state index is 2.59. The number of allylic oxidation sites excluding steroid dienone is 1. The molecule has 1 aliphatic heterocycles. The smallest absolute Gasteiger partial charge is 0.0576 e. The van der Waals surface area contributed by atoms with Crippen LogP contribution in [0.5, 0.6) is 0 Å². The van der Waals surface area contributed by atoms with Gasteiger partial charge < -0.3 is 4.90 Å². The lowest BCUT2D eigenvalue weighted by Crippen LogP contribution is -2.34. The van der Waals surface area contributed by atoms with E-state index in [1.807, 2.05) is 0 Å². The van der Waals surface area contributed by atoms with Gasteiger partial charge in [-0.3, -0.25) is 0 Å². The summed E-state index contributed by atoms with van der Waals surface area (Å²) in [6.07, 6.45) is 10.9. The molecule has 0 amide bonds. The second kappa shape index (κ2) is 9.65. The first-order valence-corrected chi connectivity index (χ1v) is 11.9. The number of hydrogen-bond donors (Lipinski definition) is 0. The molecule has 0 atom stereocenters. The molecule has 118 valence electrons. The molecule has 1 rings (SSSR count). The number of piperidine rings is 1. The molecule has 1 nitrogen and oxygen atoms in total. The van der Waals surface area contributed by atoms with Gasteiger partial charge in [0.1, 0.15) is 0 Å². The van der Waals surface area contributed by atoms with Crippen LogP contribution in [0.1, 0.15) is 66.2 Å². The van der Waals surface area contributed by atoms with Crippen molar-refractivity contribution in [1.29, 1.82) is 0 Å². The minimum Gasteiger partial charge on any atom is -0.377 e. The SMILES string of the molecule is CCC[Si](CCC)(CCC)CC(C)=CN1CCCCC1. The maximum atomic E-state index is 2.59. The molecule has 0 aromatic rings. The predicted molar refractivity (Wildman–Crippen MR) is 95.0 cm³/mol. The normalized spacial score (nSPS) is 17.6. The molecule has 0 aliphatic carbocycles. The highest BCUT2D eigenvalue weighted by Gasteiger charge is 2.30. The standard InChI is InChI=1S/C18H37NSi/c1-5-13-20(14-6-2,15-7-3)17-18(4)16-19-11-9-8-10-12-19/h16H,5-15,17H2,1-4H3. The van der Waals surface area contributed by atoms with Crippen molar-refractivity contribution in [3.05, 3.63) is 11.8 Å². The van der Waals surface area contributed by atoms with Crippen LogP contribution in [0.3, 0.4) is 0 Å². The molecular weight excluding hydrogens is 258 g/mol. The summed E-state index contributed by atoms with van der Waals surface area (Å²) in [5.74, 6) is 0. The molecule has 1 fully saturated rings. The summed E-state index contributed by atoms with van der Waals surface area (Å²) >= 11 is 0. The quantitative estimate of drug-likeness (QED) is 0.468. The summed E-state index contributed by atoms with van der Waals surface area (Å²) in [6.45, 7) is 12.1. The molecular formula is C18H37NSi. The fourth-order valence-electron chi connectivity index (χ4n) is 4.23. The van der Waals surface area contributed by atoms with Crippen LogP contribution in [-0.2, 0) is 0 Å².